The molecule has 146 valence electrons. The molecule has 5 nitrogen and oxygen atoms in total. The Morgan fingerprint density at radius 2 is 1.68 bits per heavy atom. The molecule has 0 unspecified atom stereocenters. The van der Waals surface area contributed by atoms with Crippen LogP contribution in [0.5, 0.6) is 5.75 Å². The van der Waals surface area contributed by atoms with Crippen molar-refractivity contribution in [3.05, 3.63) is 59.8 Å². The molecule has 1 amide bonds. The van der Waals surface area contributed by atoms with Crippen LogP contribution in [-0.4, -0.2) is 42.2 Å². The maximum Gasteiger partial charge on any atom is 0.412 e. The first-order valence-corrected chi connectivity index (χ1v) is 9.83. The van der Waals surface area contributed by atoms with Gasteiger partial charge >= 0.3 is 6.09 Å². The third-order valence-corrected chi connectivity index (χ3v) is 4.91. The fraction of sp³-hybridized carbons (Fsp3) is 0.273. The summed E-state index contributed by atoms with van der Waals surface area (Å²) in [5.41, 5.74) is 1.71. The number of hydrogen-bond donors (Lipinski definition) is 1. The molecule has 0 saturated heterocycles. The third-order valence-electron chi connectivity index (χ3n) is 4.66. The van der Waals surface area contributed by atoms with Crippen molar-refractivity contribution in [3.63, 3.8) is 0 Å². The Morgan fingerprint density at radius 1 is 1.04 bits per heavy atom. The van der Waals surface area contributed by atoms with Gasteiger partial charge in [-0.3, -0.25) is 0 Å². The highest BCUT2D eigenvalue weighted by atomic mass is 35.5. The molecule has 0 saturated carbocycles. The molecule has 1 heterocycles. The lowest BCUT2D eigenvalue weighted by Crippen LogP contribution is -2.36. The summed E-state index contributed by atoms with van der Waals surface area (Å²) in [6.07, 6.45) is -0.534. The number of aromatic nitrogens is 1. The van der Waals surface area contributed by atoms with Gasteiger partial charge in [0.25, 0.3) is 0 Å². The van der Waals surface area contributed by atoms with E-state index >= 15 is 0 Å². The van der Waals surface area contributed by atoms with Crippen molar-refractivity contribution in [2.24, 2.45) is 0 Å². The number of fused-ring (bicyclic) bond motifs is 1. The van der Waals surface area contributed by atoms with Crippen molar-refractivity contribution in [3.8, 4) is 17.0 Å². The third kappa shape index (κ3) is 4.61. The summed E-state index contributed by atoms with van der Waals surface area (Å²) in [4.78, 5) is 19.0. The largest absolute Gasteiger partial charge is 0.412 e. The summed E-state index contributed by atoms with van der Waals surface area (Å²) in [5.74, 6) is 0.275. The summed E-state index contributed by atoms with van der Waals surface area (Å²) in [6.45, 7) is 7.33. The summed E-state index contributed by atoms with van der Waals surface area (Å²) in [5, 5.41) is 4.57. The van der Waals surface area contributed by atoms with E-state index in [4.69, 9.17) is 16.3 Å². The molecular formula is C22H24ClN3O2. The van der Waals surface area contributed by atoms with Gasteiger partial charge in [0.1, 0.15) is 0 Å². The zero-order valence-electron chi connectivity index (χ0n) is 16.1. The van der Waals surface area contributed by atoms with E-state index in [1.807, 2.05) is 54.6 Å². The van der Waals surface area contributed by atoms with E-state index in [0.717, 1.165) is 41.7 Å². The second-order valence-electron chi connectivity index (χ2n) is 6.34. The van der Waals surface area contributed by atoms with Crippen molar-refractivity contribution < 1.29 is 9.53 Å². The molecule has 0 aliphatic carbocycles. The predicted octanol–water partition coefficient (Wildman–Crippen LogP) is 4.99. The molecule has 0 fully saturated rings. The minimum atomic E-state index is -0.534. The molecule has 28 heavy (non-hydrogen) atoms. The smallest absolute Gasteiger partial charge is 0.406 e. The SMILES string of the molecule is CCN(CC)CCNC(=O)Oc1c(Cl)nc(-c2ccccc2)c2ccccc12. The molecular weight excluding hydrogens is 374 g/mol. The highest BCUT2D eigenvalue weighted by molar-refractivity contribution is 6.32. The minimum absolute atomic E-state index is 0.163. The predicted molar refractivity (Wildman–Crippen MR) is 114 cm³/mol. The Morgan fingerprint density at radius 3 is 2.36 bits per heavy atom. The average Bonchev–Trinajstić information content (AvgIpc) is 2.73. The van der Waals surface area contributed by atoms with Crippen molar-refractivity contribution in [2.75, 3.05) is 26.2 Å². The van der Waals surface area contributed by atoms with Gasteiger partial charge in [-0.1, -0.05) is 80.0 Å². The Hall–Kier alpha value is -2.63. The zero-order chi connectivity index (χ0) is 19.9. The van der Waals surface area contributed by atoms with E-state index in [2.05, 4.69) is 29.0 Å². The molecule has 1 aromatic heterocycles. The van der Waals surface area contributed by atoms with E-state index in [9.17, 15) is 4.79 Å². The number of carbonyl (C=O) groups excluding carboxylic acids is 1. The first-order valence-electron chi connectivity index (χ1n) is 9.45. The molecule has 3 rings (SSSR count). The number of benzene rings is 2. The van der Waals surface area contributed by atoms with Gasteiger partial charge in [-0.05, 0) is 13.1 Å². The Bertz CT molecular complexity index is 943. The lowest BCUT2D eigenvalue weighted by atomic mass is 10.0. The maximum atomic E-state index is 12.3. The standard InChI is InChI=1S/C22H24ClN3O2/c1-3-26(4-2)15-14-24-22(27)28-20-18-13-9-8-12-17(18)19(25-21(20)23)16-10-6-5-7-11-16/h5-13H,3-4,14-15H2,1-2H3,(H,24,27). The molecule has 0 spiro atoms. The normalized spacial score (nSPS) is 11.0. The van der Waals surface area contributed by atoms with Crippen LogP contribution in [0.25, 0.3) is 22.0 Å². The summed E-state index contributed by atoms with van der Waals surface area (Å²) < 4.78 is 5.54. The molecule has 1 N–H and O–H groups in total. The number of ether oxygens (including phenoxy) is 1. The molecule has 2 aromatic carbocycles. The van der Waals surface area contributed by atoms with Crippen molar-refractivity contribution in [1.29, 1.82) is 0 Å². The summed E-state index contributed by atoms with van der Waals surface area (Å²) in [6, 6.07) is 17.5. The van der Waals surface area contributed by atoms with E-state index in [1.165, 1.54) is 0 Å². The lowest BCUT2D eigenvalue weighted by molar-refractivity contribution is 0.198. The van der Waals surface area contributed by atoms with Crippen molar-refractivity contribution in [2.45, 2.75) is 13.8 Å². The number of amides is 1. The van der Waals surface area contributed by atoms with Crippen molar-refractivity contribution in [1.82, 2.24) is 15.2 Å². The maximum absolute atomic E-state index is 12.3. The number of nitrogens with zero attached hydrogens (tertiary/aromatic N) is 2. The molecule has 6 heteroatoms. The number of pyridine rings is 1. The van der Waals surface area contributed by atoms with Gasteiger partial charge in [0.15, 0.2) is 10.9 Å². The minimum Gasteiger partial charge on any atom is -0.406 e. The highest BCUT2D eigenvalue weighted by Gasteiger charge is 2.17. The van der Waals surface area contributed by atoms with Crippen LogP contribution in [0.1, 0.15) is 13.8 Å². The van der Waals surface area contributed by atoms with E-state index in [0.29, 0.717) is 6.54 Å². The second-order valence-corrected chi connectivity index (χ2v) is 6.69. The number of likely N-dealkylation sites (N-methyl/N-ethyl adjacent to an activating group) is 1. The topological polar surface area (TPSA) is 54.5 Å². The Kier molecular flexibility index (Phi) is 6.85. The molecule has 0 aliphatic heterocycles. The number of halogens is 1. The van der Waals surface area contributed by atoms with Crippen LogP contribution < -0.4 is 10.1 Å². The number of carbonyl (C=O) groups is 1. The van der Waals surface area contributed by atoms with Gasteiger partial charge in [-0.2, -0.15) is 0 Å². The van der Waals surface area contributed by atoms with E-state index in [-0.39, 0.29) is 10.9 Å². The van der Waals surface area contributed by atoms with Crippen LogP contribution >= 0.6 is 11.6 Å². The quantitative estimate of drug-likeness (QED) is 0.571. The Balaban J connectivity index is 1.84. The van der Waals surface area contributed by atoms with Crippen molar-refractivity contribution >= 4 is 28.5 Å². The van der Waals surface area contributed by atoms with Crippen LogP contribution in [-0.2, 0) is 0 Å². The van der Waals surface area contributed by atoms with Gasteiger partial charge in [-0.15, -0.1) is 0 Å². The van der Waals surface area contributed by atoms with Crippen LogP contribution in [0.15, 0.2) is 54.6 Å². The monoisotopic (exact) mass is 397 g/mol. The lowest BCUT2D eigenvalue weighted by Gasteiger charge is -2.18. The number of rotatable bonds is 7. The molecule has 0 atom stereocenters. The van der Waals surface area contributed by atoms with Crippen LogP contribution in [0.2, 0.25) is 5.15 Å². The first-order chi connectivity index (χ1) is 13.6. The van der Waals surface area contributed by atoms with Gasteiger partial charge in [0, 0.05) is 29.4 Å². The highest BCUT2D eigenvalue weighted by Crippen LogP contribution is 2.37. The summed E-state index contributed by atoms with van der Waals surface area (Å²) in [7, 11) is 0. The molecule has 0 bridgehead atoms. The van der Waals surface area contributed by atoms with Gasteiger partial charge in [0.2, 0.25) is 0 Å². The van der Waals surface area contributed by atoms with Crippen LogP contribution in [0.3, 0.4) is 0 Å². The molecule has 3 aromatic rings. The van der Waals surface area contributed by atoms with Crippen LogP contribution in [0, 0.1) is 0 Å². The number of nitrogens with one attached hydrogen (secondary N) is 1. The Labute approximate surface area is 170 Å². The molecule has 0 aliphatic rings. The molecule has 0 radical (unpaired) electrons. The van der Waals surface area contributed by atoms with Crippen LogP contribution in [0.4, 0.5) is 4.79 Å². The first kappa shape index (κ1) is 20.1. The fourth-order valence-corrected chi connectivity index (χ4v) is 3.33. The van der Waals surface area contributed by atoms with E-state index in [1.54, 1.807) is 0 Å². The van der Waals surface area contributed by atoms with Gasteiger partial charge in [0.05, 0.1) is 5.69 Å². The average molecular weight is 398 g/mol. The van der Waals surface area contributed by atoms with Gasteiger partial charge < -0.3 is 15.0 Å². The van der Waals surface area contributed by atoms with Gasteiger partial charge in [-0.25, -0.2) is 9.78 Å². The zero-order valence-corrected chi connectivity index (χ0v) is 16.9. The number of hydrogen-bond acceptors (Lipinski definition) is 4. The second kappa shape index (κ2) is 9.53. The fourth-order valence-electron chi connectivity index (χ4n) is 3.11. The van der Waals surface area contributed by atoms with E-state index < -0.39 is 6.09 Å². The summed E-state index contributed by atoms with van der Waals surface area (Å²) >= 11 is 6.41.